The fraction of sp³-hybridized carbons (Fsp3) is 0.556. The van der Waals surface area contributed by atoms with Gasteiger partial charge in [0.15, 0.2) is 0 Å². The van der Waals surface area contributed by atoms with Crippen LogP contribution in [0.1, 0.15) is 37.7 Å². The number of aryl methyl sites for hydroxylation is 1. The van der Waals surface area contributed by atoms with E-state index in [-0.39, 0.29) is 12.0 Å². The molecule has 1 aromatic carbocycles. The number of anilines is 1. The number of likely N-dealkylation sites (tertiary alicyclic amines) is 1. The average molecular weight is 340 g/mol. The normalized spacial score (nSPS) is 21.0. The summed E-state index contributed by atoms with van der Waals surface area (Å²) in [4.78, 5) is 14.6. The zero-order valence-corrected chi connectivity index (χ0v) is 14.6. The molecule has 2 aromatic rings. The zero-order valence-electron chi connectivity index (χ0n) is 14.6. The standard InChI is InChI=1S/C18H24N6O/c1-13-6-8-16(9-7-13)24-18(20-21-22-24)19-15-10-11-23(12-15)17(25)14-4-2-3-5-14/h6-9,14-15H,2-5,10-12H2,1H3,(H,19,20,22). The lowest BCUT2D eigenvalue weighted by Crippen LogP contribution is -2.35. The van der Waals surface area contributed by atoms with Gasteiger partial charge in [0.2, 0.25) is 11.9 Å². The van der Waals surface area contributed by atoms with Gasteiger partial charge < -0.3 is 10.2 Å². The third kappa shape index (κ3) is 3.36. The van der Waals surface area contributed by atoms with Crippen LogP contribution in [0.3, 0.4) is 0 Å². The lowest BCUT2D eigenvalue weighted by molar-refractivity contribution is -0.134. The zero-order chi connectivity index (χ0) is 17.2. The molecule has 1 unspecified atom stereocenters. The summed E-state index contributed by atoms with van der Waals surface area (Å²) in [5, 5.41) is 15.4. The van der Waals surface area contributed by atoms with Crippen LogP contribution in [0.5, 0.6) is 0 Å². The molecule has 7 nitrogen and oxygen atoms in total. The number of nitrogens with one attached hydrogen (secondary N) is 1. The van der Waals surface area contributed by atoms with Gasteiger partial charge in [0, 0.05) is 25.0 Å². The molecule has 1 atom stereocenters. The van der Waals surface area contributed by atoms with Crippen molar-refractivity contribution in [3.05, 3.63) is 29.8 Å². The Bertz CT molecular complexity index is 734. The summed E-state index contributed by atoms with van der Waals surface area (Å²) in [6.45, 7) is 3.60. The maximum absolute atomic E-state index is 12.6. The number of nitrogens with zero attached hydrogens (tertiary/aromatic N) is 5. The second kappa shape index (κ2) is 6.82. The Kier molecular flexibility index (Phi) is 4.38. The number of rotatable bonds is 4. The summed E-state index contributed by atoms with van der Waals surface area (Å²) in [5.74, 6) is 1.21. The van der Waals surface area contributed by atoms with E-state index in [4.69, 9.17) is 0 Å². The van der Waals surface area contributed by atoms with E-state index in [1.165, 1.54) is 18.4 Å². The molecule has 0 radical (unpaired) electrons. The van der Waals surface area contributed by atoms with Crippen molar-refractivity contribution >= 4 is 11.9 Å². The number of carbonyl (C=O) groups is 1. The van der Waals surface area contributed by atoms with Gasteiger partial charge in [-0.25, -0.2) is 0 Å². The van der Waals surface area contributed by atoms with Crippen LogP contribution in [0.15, 0.2) is 24.3 Å². The van der Waals surface area contributed by atoms with Crippen molar-refractivity contribution in [2.24, 2.45) is 5.92 Å². The van der Waals surface area contributed by atoms with Crippen molar-refractivity contribution in [1.82, 2.24) is 25.1 Å². The highest BCUT2D eigenvalue weighted by Crippen LogP contribution is 2.28. The summed E-state index contributed by atoms with van der Waals surface area (Å²) in [6.07, 6.45) is 5.42. The Labute approximate surface area is 147 Å². The quantitative estimate of drug-likeness (QED) is 0.923. The Hall–Kier alpha value is -2.44. The van der Waals surface area contributed by atoms with Crippen LogP contribution >= 0.6 is 0 Å². The predicted octanol–water partition coefficient (Wildman–Crippen LogP) is 2.17. The minimum Gasteiger partial charge on any atom is -0.348 e. The van der Waals surface area contributed by atoms with Crippen LogP contribution in [0.2, 0.25) is 0 Å². The molecule has 1 saturated heterocycles. The minimum absolute atomic E-state index is 0.195. The smallest absolute Gasteiger partial charge is 0.248 e. The van der Waals surface area contributed by atoms with E-state index >= 15 is 0 Å². The number of benzene rings is 1. The molecule has 25 heavy (non-hydrogen) atoms. The van der Waals surface area contributed by atoms with Crippen LogP contribution in [-0.2, 0) is 4.79 Å². The summed E-state index contributed by atoms with van der Waals surface area (Å²) < 4.78 is 1.71. The molecule has 2 fully saturated rings. The monoisotopic (exact) mass is 340 g/mol. The van der Waals surface area contributed by atoms with Crippen molar-refractivity contribution < 1.29 is 4.79 Å². The molecule has 1 amide bonds. The van der Waals surface area contributed by atoms with E-state index in [0.717, 1.165) is 38.0 Å². The largest absolute Gasteiger partial charge is 0.348 e. The van der Waals surface area contributed by atoms with Crippen molar-refractivity contribution in [1.29, 1.82) is 0 Å². The molecular formula is C18H24N6O. The second-order valence-corrected chi connectivity index (χ2v) is 7.15. The lowest BCUT2D eigenvalue weighted by Gasteiger charge is -2.20. The molecule has 7 heteroatoms. The maximum atomic E-state index is 12.6. The first-order valence-corrected chi connectivity index (χ1v) is 9.11. The summed E-state index contributed by atoms with van der Waals surface area (Å²) in [6, 6.07) is 8.28. The van der Waals surface area contributed by atoms with Crippen LogP contribution in [0, 0.1) is 12.8 Å². The van der Waals surface area contributed by atoms with Gasteiger partial charge in [0.1, 0.15) is 0 Å². The summed E-state index contributed by atoms with van der Waals surface area (Å²) in [5.41, 5.74) is 2.12. The van der Waals surface area contributed by atoms with Gasteiger partial charge in [0.05, 0.1) is 5.69 Å². The molecular weight excluding hydrogens is 316 g/mol. The summed E-state index contributed by atoms with van der Waals surface area (Å²) >= 11 is 0. The van der Waals surface area contributed by atoms with E-state index in [1.807, 2.05) is 29.2 Å². The Morgan fingerprint density at radius 3 is 2.68 bits per heavy atom. The molecule has 1 aliphatic carbocycles. The number of tetrazole rings is 1. The van der Waals surface area contributed by atoms with Crippen molar-refractivity contribution in [2.75, 3.05) is 18.4 Å². The van der Waals surface area contributed by atoms with Crippen LogP contribution < -0.4 is 5.32 Å². The third-order valence-electron chi connectivity index (χ3n) is 5.29. The fourth-order valence-corrected chi connectivity index (χ4v) is 3.83. The Balaban J connectivity index is 1.41. The average Bonchev–Trinajstić information content (AvgIpc) is 3.37. The number of aromatic nitrogens is 4. The number of carbonyl (C=O) groups excluding carboxylic acids is 1. The fourth-order valence-electron chi connectivity index (χ4n) is 3.83. The third-order valence-corrected chi connectivity index (χ3v) is 5.29. The number of amides is 1. The molecule has 2 aliphatic rings. The highest BCUT2D eigenvalue weighted by atomic mass is 16.2. The highest BCUT2D eigenvalue weighted by Gasteiger charge is 2.32. The number of hydrogen-bond acceptors (Lipinski definition) is 5. The lowest BCUT2D eigenvalue weighted by atomic mass is 10.1. The van der Waals surface area contributed by atoms with E-state index in [0.29, 0.717) is 11.9 Å². The first-order chi connectivity index (χ1) is 12.2. The van der Waals surface area contributed by atoms with Gasteiger partial charge >= 0.3 is 0 Å². The predicted molar refractivity (Wildman–Crippen MR) is 94.5 cm³/mol. The van der Waals surface area contributed by atoms with Gasteiger partial charge in [-0.2, -0.15) is 4.68 Å². The van der Waals surface area contributed by atoms with Crippen molar-refractivity contribution in [2.45, 2.75) is 45.1 Å². The van der Waals surface area contributed by atoms with Crippen LogP contribution in [0.4, 0.5) is 5.95 Å². The molecule has 1 saturated carbocycles. The first-order valence-electron chi connectivity index (χ1n) is 9.11. The maximum Gasteiger partial charge on any atom is 0.248 e. The number of hydrogen-bond donors (Lipinski definition) is 1. The first kappa shape index (κ1) is 16.1. The van der Waals surface area contributed by atoms with E-state index in [1.54, 1.807) is 4.68 Å². The molecule has 4 rings (SSSR count). The van der Waals surface area contributed by atoms with Gasteiger partial charge in [-0.05, 0) is 48.7 Å². The SMILES string of the molecule is Cc1ccc(-n2nnnc2NC2CCN(C(=O)C3CCCC3)C2)cc1. The Morgan fingerprint density at radius 1 is 1.16 bits per heavy atom. The van der Waals surface area contributed by atoms with Gasteiger partial charge in [-0.15, -0.1) is 0 Å². The molecule has 2 heterocycles. The molecule has 1 N–H and O–H groups in total. The highest BCUT2D eigenvalue weighted by molar-refractivity contribution is 5.79. The molecule has 0 spiro atoms. The van der Waals surface area contributed by atoms with E-state index in [2.05, 4.69) is 27.8 Å². The Morgan fingerprint density at radius 2 is 1.92 bits per heavy atom. The van der Waals surface area contributed by atoms with E-state index < -0.39 is 0 Å². The molecule has 0 bridgehead atoms. The van der Waals surface area contributed by atoms with Crippen molar-refractivity contribution in [3.63, 3.8) is 0 Å². The second-order valence-electron chi connectivity index (χ2n) is 7.15. The van der Waals surface area contributed by atoms with Gasteiger partial charge in [-0.3, -0.25) is 4.79 Å². The van der Waals surface area contributed by atoms with Crippen molar-refractivity contribution in [3.8, 4) is 5.69 Å². The van der Waals surface area contributed by atoms with E-state index in [9.17, 15) is 4.79 Å². The topological polar surface area (TPSA) is 75.9 Å². The van der Waals surface area contributed by atoms with Gasteiger partial charge in [-0.1, -0.05) is 35.6 Å². The van der Waals surface area contributed by atoms with Crippen LogP contribution in [-0.4, -0.2) is 50.1 Å². The van der Waals surface area contributed by atoms with Crippen LogP contribution in [0.25, 0.3) is 5.69 Å². The molecule has 1 aliphatic heterocycles. The minimum atomic E-state index is 0.195. The summed E-state index contributed by atoms with van der Waals surface area (Å²) in [7, 11) is 0. The molecule has 132 valence electrons. The molecule has 1 aromatic heterocycles. The van der Waals surface area contributed by atoms with Gasteiger partial charge in [0.25, 0.3) is 0 Å².